The topological polar surface area (TPSA) is 126 Å². The third kappa shape index (κ3) is 6.24. The zero-order valence-corrected chi connectivity index (χ0v) is 26.8. The first-order valence-electron chi connectivity index (χ1n) is 15.5. The molecule has 0 radical (unpaired) electrons. The molecule has 2 aromatic carbocycles. The Morgan fingerprint density at radius 1 is 0.609 bits per heavy atom. The molecule has 9 heteroatoms. The van der Waals surface area contributed by atoms with Crippen LogP contribution in [0.5, 0.6) is 0 Å². The van der Waals surface area contributed by atoms with E-state index < -0.39 is 23.9 Å². The molecule has 4 aliphatic rings. The molecule has 244 valence electrons. The Labute approximate surface area is 270 Å². The fourth-order valence-electron chi connectivity index (χ4n) is 6.84. The van der Waals surface area contributed by atoms with Gasteiger partial charge in [-0.3, -0.25) is 38.5 Å². The molecule has 0 aromatic heterocycles. The standard InChI is InChI=1S/C18H19NO4.C18H21NO3.CH4/c1-18(2,3)12-6-4-5-11-15(12)17(23)19(16(11)22)13-8-7-10(20)9-14(13)21;1-18(2,3)14-6-4-5-12-13(14)10-19(17(12)22)15-8-7-11(20)9-16(15)21;/h4-6,13H,7-9H2,1-3H3;4-6,15H,7-10H2,1-3H3;1H4. The monoisotopic (exact) mass is 628 g/mol. The molecule has 46 heavy (non-hydrogen) atoms. The number of ketones is 4. The summed E-state index contributed by atoms with van der Waals surface area (Å²) in [5.41, 5.74) is 4.11. The van der Waals surface area contributed by atoms with E-state index in [1.54, 1.807) is 17.0 Å². The molecule has 2 saturated carbocycles. The van der Waals surface area contributed by atoms with Crippen LogP contribution in [-0.4, -0.2) is 62.7 Å². The van der Waals surface area contributed by atoms with Crippen LogP contribution in [0.2, 0.25) is 0 Å². The molecule has 3 amide bonds. The Kier molecular flexibility index (Phi) is 9.40. The van der Waals surface area contributed by atoms with E-state index in [4.69, 9.17) is 0 Å². The minimum atomic E-state index is -0.812. The van der Waals surface area contributed by atoms with Crippen molar-refractivity contribution in [2.45, 2.75) is 117 Å². The summed E-state index contributed by atoms with van der Waals surface area (Å²) >= 11 is 0. The van der Waals surface area contributed by atoms with Gasteiger partial charge in [-0.25, -0.2) is 0 Å². The predicted molar refractivity (Wildman–Crippen MR) is 173 cm³/mol. The van der Waals surface area contributed by atoms with E-state index >= 15 is 0 Å². The highest BCUT2D eigenvalue weighted by molar-refractivity contribution is 6.24. The molecule has 2 unspecified atom stereocenters. The van der Waals surface area contributed by atoms with Crippen LogP contribution in [0.3, 0.4) is 0 Å². The van der Waals surface area contributed by atoms with Crippen LogP contribution in [0.25, 0.3) is 0 Å². The second kappa shape index (κ2) is 12.5. The number of imide groups is 1. The van der Waals surface area contributed by atoms with E-state index in [1.165, 1.54) is 0 Å². The van der Waals surface area contributed by atoms with Gasteiger partial charge in [-0.05, 0) is 52.5 Å². The summed E-state index contributed by atoms with van der Waals surface area (Å²) in [6, 6.07) is 9.79. The molecule has 2 aliphatic carbocycles. The van der Waals surface area contributed by atoms with E-state index in [1.807, 2.05) is 39.0 Å². The van der Waals surface area contributed by atoms with Gasteiger partial charge in [-0.15, -0.1) is 0 Å². The molecule has 6 rings (SSSR count). The molecule has 2 aliphatic heterocycles. The average molecular weight is 629 g/mol. The van der Waals surface area contributed by atoms with Gasteiger partial charge in [0.25, 0.3) is 17.7 Å². The highest BCUT2D eigenvalue weighted by Crippen LogP contribution is 2.37. The predicted octanol–water partition coefficient (Wildman–Crippen LogP) is 5.54. The molecule has 0 N–H and O–H groups in total. The maximum atomic E-state index is 12.9. The molecular formula is C37H44N2O7. The van der Waals surface area contributed by atoms with Gasteiger partial charge in [0.05, 0.1) is 36.1 Å². The van der Waals surface area contributed by atoms with Crippen LogP contribution in [0.4, 0.5) is 0 Å². The van der Waals surface area contributed by atoms with Gasteiger partial charge in [0.15, 0.2) is 11.6 Å². The summed E-state index contributed by atoms with van der Waals surface area (Å²) in [7, 11) is 0. The molecule has 0 saturated heterocycles. The molecular weight excluding hydrogens is 584 g/mol. The van der Waals surface area contributed by atoms with Crippen LogP contribution >= 0.6 is 0 Å². The summed E-state index contributed by atoms with van der Waals surface area (Å²) in [6.45, 7) is 12.8. The first kappa shape index (κ1) is 34.6. The minimum Gasteiger partial charge on any atom is -0.324 e. The number of hydrogen-bond donors (Lipinski definition) is 0. The SMILES string of the molecule is C.CC(C)(C)c1cccc2c1C(=O)N(C1CCC(=O)CC1=O)C2=O.CC(C)(C)c1cccc2c1CN(C1CCC(=O)CC1=O)C2=O. The molecule has 2 atom stereocenters. The summed E-state index contributed by atoms with van der Waals surface area (Å²) < 4.78 is 0. The molecule has 2 heterocycles. The van der Waals surface area contributed by atoms with Crippen molar-refractivity contribution in [1.82, 2.24) is 9.80 Å². The number of nitrogens with zero attached hydrogens (tertiary/aromatic N) is 2. The number of carbonyl (C=O) groups is 7. The Balaban J connectivity index is 0.000000205. The quantitative estimate of drug-likeness (QED) is 0.316. The van der Waals surface area contributed by atoms with Crippen molar-refractivity contribution in [3.05, 3.63) is 69.8 Å². The van der Waals surface area contributed by atoms with Gasteiger partial charge in [0, 0.05) is 24.9 Å². The third-order valence-corrected chi connectivity index (χ3v) is 9.13. The number of amides is 3. The van der Waals surface area contributed by atoms with Crippen molar-refractivity contribution in [3.63, 3.8) is 0 Å². The number of Topliss-reactive ketones (excluding diaryl/α,β-unsaturated/α-hetero) is 4. The minimum absolute atomic E-state index is 0. The normalized spacial score (nSPS) is 21.6. The maximum absolute atomic E-state index is 12.9. The van der Waals surface area contributed by atoms with E-state index in [9.17, 15) is 33.6 Å². The molecule has 0 bridgehead atoms. The highest BCUT2D eigenvalue weighted by Gasteiger charge is 2.46. The van der Waals surface area contributed by atoms with Crippen LogP contribution in [0, 0.1) is 0 Å². The van der Waals surface area contributed by atoms with E-state index in [2.05, 4.69) is 26.8 Å². The number of hydrogen-bond acceptors (Lipinski definition) is 7. The van der Waals surface area contributed by atoms with Crippen molar-refractivity contribution in [1.29, 1.82) is 0 Å². The zero-order valence-electron chi connectivity index (χ0n) is 26.8. The zero-order chi connectivity index (χ0) is 33.0. The van der Waals surface area contributed by atoms with Crippen molar-refractivity contribution < 1.29 is 33.6 Å². The number of fused-ring (bicyclic) bond motifs is 2. The van der Waals surface area contributed by atoms with E-state index in [0.29, 0.717) is 36.1 Å². The average Bonchev–Trinajstić information content (AvgIpc) is 3.41. The second-order valence-corrected chi connectivity index (χ2v) is 14.4. The van der Waals surface area contributed by atoms with Gasteiger partial charge in [-0.1, -0.05) is 73.2 Å². The molecule has 2 fully saturated rings. The lowest BCUT2D eigenvalue weighted by molar-refractivity contribution is -0.134. The van der Waals surface area contributed by atoms with Crippen molar-refractivity contribution in [2.24, 2.45) is 0 Å². The first-order chi connectivity index (χ1) is 21.0. The Bertz CT molecular complexity index is 1660. The summed E-state index contributed by atoms with van der Waals surface area (Å²) in [6.07, 6.45) is 1.09. The van der Waals surface area contributed by atoms with Crippen molar-refractivity contribution >= 4 is 40.9 Å². The molecule has 0 spiro atoms. The van der Waals surface area contributed by atoms with Gasteiger partial charge in [0.1, 0.15) is 11.6 Å². The fourth-order valence-corrected chi connectivity index (χ4v) is 6.84. The van der Waals surface area contributed by atoms with Crippen LogP contribution < -0.4 is 0 Å². The molecule has 9 nitrogen and oxygen atoms in total. The Hall–Kier alpha value is -4.27. The lowest BCUT2D eigenvalue weighted by Crippen LogP contribution is -2.47. The maximum Gasteiger partial charge on any atom is 0.262 e. The highest BCUT2D eigenvalue weighted by atomic mass is 16.2. The van der Waals surface area contributed by atoms with Gasteiger partial charge < -0.3 is 4.90 Å². The van der Waals surface area contributed by atoms with Crippen molar-refractivity contribution in [3.8, 4) is 0 Å². The van der Waals surface area contributed by atoms with Gasteiger partial charge in [-0.2, -0.15) is 0 Å². The largest absolute Gasteiger partial charge is 0.324 e. The van der Waals surface area contributed by atoms with Crippen LogP contribution in [0.15, 0.2) is 36.4 Å². The fraction of sp³-hybridized carbons (Fsp3) is 0.486. The number of benzene rings is 2. The second-order valence-electron chi connectivity index (χ2n) is 14.4. The van der Waals surface area contributed by atoms with Gasteiger partial charge >= 0.3 is 0 Å². The van der Waals surface area contributed by atoms with E-state index in [-0.39, 0.29) is 73.0 Å². The smallest absolute Gasteiger partial charge is 0.262 e. The number of carbonyl (C=O) groups excluding carboxylic acids is 7. The van der Waals surface area contributed by atoms with Crippen molar-refractivity contribution in [2.75, 3.05) is 0 Å². The Morgan fingerprint density at radius 2 is 1.11 bits per heavy atom. The lowest BCUT2D eigenvalue weighted by Gasteiger charge is -2.29. The first-order valence-corrected chi connectivity index (χ1v) is 15.5. The molecule has 2 aromatic rings. The summed E-state index contributed by atoms with van der Waals surface area (Å²) in [4.78, 5) is 88.1. The summed E-state index contributed by atoms with van der Waals surface area (Å²) in [5, 5.41) is 0. The third-order valence-electron chi connectivity index (χ3n) is 9.13. The van der Waals surface area contributed by atoms with E-state index in [0.717, 1.165) is 21.6 Å². The van der Waals surface area contributed by atoms with Crippen LogP contribution in [-0.2, 0) is 36.6 Å². The lowest BCUT2D eigenvalue weighted by atomic mass is 9.82. The summed E-state index contributed by atoms with van der Waals surface area (Å²) in [5.74, 6) is -1.51. The number of rotatable bonds is 2. The van der Waals surface area contributed by atoms with Crippen LogP contribution in [0.1, 0.15) is 135 Å². The van der Waals surface area contributed by atoms with Gasteiger partial charge in [0.2, 0.25) is 0 Å². The Morgan fingerprint density at radius 3 is 1.63 bits per heavy atom.